The Labute approximate surface area is 126 Å². The maximum atomic E-state index is 11.5. The van der Waals surface area contributed by atoms with Crippen LogP contribution in [0.25, 0.3) is 0 Å². The lowest BCUT2D eigenvalue weighted by Gasteiger charge is -2.17. The van der Waals surface area contributed by atoms with E-state index in [0.717, 1.165) is 26.9 Å². The predicted molar refractivity (Wildman–Crippen MR) is 84.1 cm³/mol. The van der Waals surface area contributed by atoms with E-state index < -0.39 is 12.0 Å². The van der Waals surface area contributed by atoms with Gasteiger partial charge in [0.15, 0.2) is 6.04 Å². The minimum atomic E-state index is -0.896. The molecule has 2 aromatic rings. The van der Waals surface area contributed by atoms with Crippen LogP contribution in [0, 0.1) is 13.8 Å². The molecule has 0 heterocycles. The van der Waals surface area contributed by atoms with Crippen LogP contribution >= 0.6 is 15.9 Å². The van der Waals surface area contributed by atoms with Gasteiger partial charge < -0.3 is 10.4 Å². The molecule has 20 heavy (non-hydrogen) atoms. The molecule has 3 nitrogen and oxygen atoms in total. The van der Waals surface area contributed by atoms with Crippen molar-refractivity contribution in [3.63, 3.8) is 0 Å². The number of hydrogen-bond donors (Lipinski definition) is 2. The number of anilines is 1. The van der Waals surface area contributed by atoms with Gasteiger partial charge in [0.2, 0.25) is 0 Å². The number of benzene rings is 2. The molecular weight excluding hydrogens is 318 g/mol. The van der Waals surface area contributed by atoms with Gasteiger partial charge in [0, 0.05) is 10.2 Å². The zero-order valence-corrected chi connectivity index (χ0v) is 12.9. The summed E-state index contributed by atoms with van der Waals surface area (Å²) in [6, 6.07) is 12.5. The molecule has 4 heteroatoms. The number of aliphatic carboxylic acids is 1. The minimum absolute atomic E-state index is 0.735. The molecule has 0 radical (unpaired) electrons. The molecule has 0 bridgehead atoms. The fourth-order valence-corrected chi connectivity index (χ4v) is 2.20. The molecular formula is C16H16BrNO2. The molecule has 0 amide bonds. The lowest BCUT2D eigenvalue weighted by Crippen LogP contribution is -2.20. The van der Waals surface area contributed by atoms with E-state index in [4.69, 9.17) is 0 Å². The van der Waals surface area contributed by atoms with E-state index in [1.807, 2.05) is 56.3 Å². The third kappa shape index (κ3) is 3.39. The summed E-state index contributed by atoms with van der Waals surface area (Å²) in [5.41, 5.74) is 3.68. The van der Waals surface area contributed by atoms with Gasteiger partial charge in [0.05, 0.1) is 0 Å². The van der Waals surface area contributed by atoms with Crippen LogP contribution in [0.5, 0.6) is 0 Å². The third-order valence-electron chi connectivity index (χ3n) is 3.12. The number of carboxylic acid groups (broad SMARTS) is 1. The van der Waals surface area contributed by atoms with Crippen LogP contribution in [0.4, 0.5) is 5.69 Å². The van der Waals surface area contributed by atoms with Gasteiger partial charge in [-0.1, -0.05) is 45.8 Å². The quantitative estimate of drug-likeness (QED) is 0.876. The van der Waals surface area contributed by atoms with Crippen molar-refractivity contribution in [2.45, 2.75) is 19.9 Å². The number of halogens is 1. The summed E-state index contributed by atoms with van der Waals surface area (Å²) in [4.78, 5) is 11.5. The number of rotatable bonds is 4. The molecule has 2 aromatic carbocycles. The van der Waals surface area contributed by atoms with Gasteiger partial charge in [-0.3, -0.25) is 0 Å². The molecule has 0 aliphatic rings. The fourth-order valence-electron chi connectivity index (χ4n) is 1.95. The number of nitrogens with one attached hydrogen (secondary N) is 1. The van der Waals surface area contributed by atoms with E-state index in [-0.39, 0.29) is 0 Å². The highest BCUT2D eigenvalue weighted by Gasteiger charge is 2.20. The molecule has 0 aromatic heterocycles. The van der Waals surface area contributed by atoms with Crippen molar-refractivity contribution in [3.05, 3.63) is 63.6 Å². The van der Waals surface area contributed by atoms with Crippen molar-refractivity contribution in [1.82, 2.24) is 0 Å². The average molecular weight is 334 g/mol. The van der Waals surface area contributed by atoms with Crippen LogP contribution in [0.2, 0.25) is 0 Å². The Morgan fingerprint density at radius 1 is 1.15 bits per heavy atom. The molecule has 0 aliphatic heterocycles. The second-order valence-corrected chi connectivity index (χ2v) is 5.64. The Bertz CT molecular complexity index is 623. The average Bonchev–Trinajstić information content (AvgIpc) is 2.41. The van der Waals surface area contributed by atoms with Gasteiger partial charge in [-0.2, -0.15) is 0 Å². The largest absolute Gasteiger partial charge is 0.479 e. The van der Waals surface area contributed by atoms with Gasteiger partial charge in [-0.15, -0.1) is 0 Å². The van der Waals surface area contributed by atoms with Crippen LogP contribution in [-0.2, 0) is 4.79 Å². The summed E-state index contributed by atoms with van der Waals surface area (Å²) >= 11 is 3.42. The summed E-state index contributed by atoms with van der Waals surface area (Å²) < 4.78 is 0.973. The summed E-state index contributed by atoms with van der Waals surface area (Å²) in [5.74, 6) is -0.896. The van der Waals surface area contributed by atoms with E-state index in [9.17, 15) is 9.90 Å². The van der Waals surface area contributed by atoms with Crippen LogP contribution in [0.15, 0.2) is 46.9 Å². The first-order valence-corrected chi connectivity index (χ1v) is 7.09. The zero-order valence-electron chi connectivity index (χ0n) is 11.4. The normalized spacial score (nSPS) is 11.9. The standard InChI is InChI=1S/C16H16BrNO2/c1-10-3-6-13(7-4-10)18-15(16(19)20)12-5-8-14(17)11(2)9-12/h3-9,15,18H,1-2H3,(H,19,20). The Balaban J connectivity index is 2.29. The summed E-state index contributed by atoms with van der Waals surface area (Å²) in [5, 5.41) is 12.5. The zero-order chi connectivity index (χ0) is 14.7. The van der Waals surface area contributed by atoms with Crippen molar-refractivity contribution < 1.29 is 9.90 Å². The molecule has 2 rings (SSSR count). The van der Waals surface area contributed by atoms with Crippen LogP contribution in [-0.4, -0.2) is 11.1 Å². The smallest absolute Gasteiger partial charge is 0.330 e. The molecule has 0 spiro atoms. The molecule has 2 N–H and O–H groups in total. The van der Waals surface area contributed by atoms with Crippen molar-refractivity contribution in [2.24, 2.45) is 0 Å². The molecule has 0 saturated heterocycles. The lowest BCUT2D eigenvalue weighted by atomic mass is 10.0. The van der Waals surface area contributed by atoms with Crippen molar-refractivity contribution in [2.75, 3.05) is 5.32 Å². The molecule has 0 aliphatic carbocycles. The first-order chi connectivity index (χ1) is 9.47. The maximum absolute atomic E-state index is 11.5. The highest BCUT2D eigenvalue weighted by Crippen LogP contribution is 2.24. The van der Waals surface area contributed by atoms with E-state index >= 15 is 0 Å². The van der Waals surface area contributed by atoms with Crippen LogP contribution in [0.1, 0.15) is 22.7 Å². The SMILES string of the molecule is Cc1ccc(NC(C(=O)O)c2ccc(Br)c(C)c2)cc1. The number of carbonyl (C=O) groups is 1. The molecule has 0 saturated carbocycles. The third-order valence-corrected chi connectivity index (χ3v) is 4.01. The van der Waals surface area contributed by atoms with Gasteiger partial charge in [0.25, 0.3) is 0 Å². The summed E-state index contributed by atoms with van der Waals surface area (Å²) in [6.45, 7) is 3.94. The van der Waals surface area contributed by atoms with Crippen LogP contribution in [0.3, 0.4) is 0 Å². The van der Waals surface area contributed by atoms with E-state index in [0.29, 0.717) is 0 Å². The lowest BCUT2D eigenvalue weighted by molar-refractivity contribution is -0.138. The van der Waals surface area contributed by atoms with Crippen LogP contribution < -0.4 is 5.32 Å². The maximum Gasteiger partial charge on any atom is 0.330 e. The van der Waals surface area contributed by atoms with Crippen molar-refractivity contribution in [1.29, 1.82) is 0 Å². The number of carboxylic acids is 1. The minimum Gasteiger partial charge on any atom is -0.479 e. The number of hydrogen-bond acceptors (Lipinski definition) is 2. The monoisotopic (exact) mass is 333 g/mol. The molecule has 104 valence electrons. The van der Waals surface area contributed by atoms with Crippen molar-refractivity contribution >= 4 is 27.6 Å². The second kappa shape index (κ2) is 6.09. The Kier molecular flexibility index (Phi) is 4.45. The predicted octanol–water partition coefficient (Wildman–Crippen LogP) is 4.30. The van der Waals surface area contributed by atoms with Crippen molar-refractivity contribution in [3.8, 4) is 0 Å². The summed E-state index contributed by atoms with van der Waals surface area (Å²) in [7, 11) is 0. The van der Waals surface area contributed by atoms with Gasteiger partial charge >= 0.3 is 5.97 Å². The molecule has 1 unspecified atom stereocenters. The highest BCUT2D eigenvalue weighted by molar-refractivity contribution is 9.10. The first-order valence-electron chi connectivity index (χ1n) is 6.29. The summed E-state index contributed by atoms with van der Waals surface area (Å²) in [6.07, 6.45) is 0. The second-order valence-electron chi connectivity index (χ2n) is 4.79. The van der Waals surface area contributed by atoms with E-state index in [1.165, 1.54) is 0 Å². The molecule has 1 atom stereocenters. The van der Waals surface area contributed by atoms with E-state index in [2.05, 4.69) is 21.2 Å². The van der Waals surface area contributed by atoms with E-state index in [1.54, 1.807) is 0 Å². The topological polar surface area (TPSA) is 49.3 Å². The van der Waals surface area contributed by atoms with Gasteiger partial charge in [-0.25, -0.2) is 4.79 Å². The van der Waals surface area contributed by atoms with Gasteiger partial charge in [0.1, 0.15) is 0 Å². The van der Waals surface area contributed by atoms with Gasteiger partial charge in [-0.05, 0) is 43.2 Å². The fraction of sp³-hybridized carbons (Fsp3) is 0.188. The highest BCUT2D eigenvalue weighted by atomic mass is 79.9. The Hall–Kier alpha value is -1.81. The Morgan fingerprint density at radius 3 is 2.35 bits per heavy atom. The first kappa shape index (κ1) is 14.6. The number of aryl methyl sites for hydroxylation is 2. The Morgan fingerprint density at radius 2 is 1.80 bits per heavy atom. The molecule has 0 fully saturated rings.